The summed E-state index contributed by atoms with van der Waals surface area (Å²) >= 11 is 0. The zero-order valence-electron chi connectivity index (χ0n) is 36.8. The summed E-state index contributed by atoms with van der Waals surface area (Å²) in [5.41, 5.74) is 7.95. The normalized spacial score (nSPS) is 20.2. The zero-order valence-corrected chi connectivity index (χ0v) is 37.7. The number of carbonyl (C=O) groups excluding carboxylic acids is 2. The lowest BCUT2D eigenvalue weighted by atomic mass is 9.88. The van der Waals surface area contributed by atoms with Crippen LogP contribution in [0.1, 0.15) is 171 Å². The molecule has 1 aromatic heterocycles. The lowest BCUT2D eigenvalue weighted by Crippen LogP contribution is -2.29. The number of hydrogen-bond donors (Lipinski definition) is 5. The van der Waals surface area contributed by atoms with Gasteiger partial charge in [-0.15, -0.1) is 0 Å². The van der Waals surface area contributed by atoms with Crippen molar-refractivity contribution in [2.24, 2.45) is 17.6 Å². The van der Waals surface area contributed by atoms with Gasteiger partial charge in [-0.05, 0) is 69.4 Å². The molecule has 1 unspecified atom stereocenters. The first-order valence-corrected chi connectivity index (χ1v) is 24.3. The molecular formula is C45H80NO12P. The van der Waals surface area contributed by atoms with Crippen LogP contribution in [0.25, 0.3) is 0 Å². The number of phosphoric ester groups is 1. The molecule has 59 heavy (non-hydrogen) atoms. The van der Waals surface area contributed by atoms with E-state index in [4.69, 9.17) is 28.7 Å². The standard InChI is InChI=1S/C45H80NO12P/c1-5-7-16-22-36(47)27-28-39-38(40(48)31-41(39)49)23-17-14-15-19-25-44(50)54-32-37(33-56-59(52,53)55-30-29-46)57-45(51)26-20-13-11-9-8-10-12-18-24-43-35(4)34(3)42(58-43)21-6-2/h27-28,36-41,47-49H,5-26,29-33,46H2,1-4H3,(H,52,53)/b28-27+/t36-,37+,38+,39+,40-,41+/m0/s1. The van der Waals surface area contributed by atoms with Gasteiger partial charge in [-0.25, -0.2) is 4.57 Å². The van der Waals surface area contributed by atoms with Crippen LogP contribution in [0, 0.1) is 25.7 Å². The van der Waals surface area contributed by atoms with E-state index < -0.39 is 50.8 Å². The first-order valence-electron chi connectivity index (χ1n) is 22.8. The minimum atomic E-state index is -4.44. The second-order valence-corrected chi connectivity index (χ2v) is 17.9. The van der Waals surface area contributed by atoms with Crippen LogP contribution in [0.2, 0.25) is 0 Å². The number of phosphoric acid groups is 1. The number of aliphatic hydroxyl groups excluding tert-OH is 3. The molecule has 1 aliphatic rings. The Balaban J connectivity index is 1.67. The maximum atomic E-state index is 12.7. The molecule has 0 bridgehead atoms. The first-order chi connectivity index (χ1) is 28.3. The summed E-state index contributed by atoms with van der Waals surface area (Å²) in [5.74, 6) is 0.991. The number of aliphatic hydroxyl groups is 3. The van der Waals surface area contributed by atoms with Crippen molar-refractivity contribution in [3.63, 3.8) is 0 Å². The number of hydrogen-bond acceptors (Lipinski definition) is 12. The fourth-order valence-electron chi connectivity index (χ4n) is 7.78. The highest BCUT2D eigenvalue weighted by atomic mass is 31.2. The lowest BCUT2D eigenvalue weighted by Gasteiger charge is -2.21. The highest BCUT2D eigenvalue weighted by Crippen LogP contribution is 2.43. The topological polar surface area (TPSA) is 208 Å². The van der Waals surface area contributed by atoms with Gasteiger partial charge in [0.05, 0.1) is 31.5 Å². The Kier molecular flexibility index (Phi) is 27.7. The molecule has 1 aromatic rings. The van der Waals surface area contributed by atoms with Crippen LogP contribution >= 0.6 is 7.82 Å². The fourth-order valence-corrected chi connectivity index (χ4v) is 8.54. The third-order valence-corrected chi connectivity index (χ3v) is 12.4. The van der Waals surface area contributed by atoms with Crippen molar-refractivity contribution < 1.29 is 57.3 Å². The third-order valence-electron chi connectivity index (χ3n) is 11.4. The van der Waals surface area contributed by atoms with Crippen LogP contribution in [0.5, 0.6) is 0 Å². The summed E-state index contributed by atoms with van der Waals surface area (Å²) in [6.45, 7) is 7.59. The van der Waals surface area contributed by atoms with E-state index in [1.54, 1.807) is 6.08 Å². The Morgan fingerprint density at radius 3 is 2.05 bits per heavy atom. The Morgan fingerprint density at radius 1 is 0.797 bits per heavy atom. The molecule has 1 saturated carbocycles. The number of furan rings is 1. The van der Waals surface area contributed by atoms with Crippen LogP contribution in [0.3, 0.4) is 0 Å². The molecule has 2 rings (SSSR count). The van der Waals surface area contributed by atoms with Crippen LogP contribution in [-0.2, 0) is 45.5 Å². The molecule has 0 amide bonds. The summed E-state index contributed by atoms with van der Waals surface area (Å²) < 4.78 is 39.0. The molecule has 1 fully saturated rings. The number of ether oxygens (including phenoxy) is 2. The third kappa shape index (κ3) is 22.5. The second-order valence-electron chi connectivity index (χ2n) is 16.5. The average Bonchev–Trinajstić information content (AvgIpc) is 3.63. The predicted molar refractivity (Wildman–Crippen MR) is 230 cm³/mol. The number of carbonyl (C=O) groups is 2. The van der Waals surface area contributed by atoms with E-state index in [-0.39, 0.29) is 44.4 Å². The molecule has 0 aromatic carbocycles. The van der Waals surface area contributed by atoms with Crippen molar-refractivity contribution in [3.8, 4) is 0 Å². The van der Waals surface area contributed by atoms with E-state index in [9.17, 15) is 34.4 Å². The molecule has 0 spiro atoms. The van der Waals surface area contributed by atoms with Crippen LogP contribution in [0.4, 0.5) is 0 Å². The summed E-state index contributed by atoms with van der Waals surface area (Å²) in [6.07, 6.45) is 20.1. The van der Waals surface area contributed by atoms with Gasteiger partial charge in [-0.1, -0.05) is 103 Å². The van der Waals surface area contributed by atoms with Gasteiger partial charge in [-0.2, -0.15) is 0 Å². The van der Waals surface area contributed by atoms with Gasteiger partial charge in [0.15, 0.2) is 6.10 Å². The summed E-state index contributed by atoms with van der Waals surface area (Å²) in [7, 11) is -4.44. The van der Waals surface area contributed by atoms with E-state index in [2.05, 4.69) is 27.7 Å². The Labute approximate surface area is 354 Å². The molecule has 13 nitrogen and oxygen atoms in total. The molecule has 1 aliphatic carbocycles. The van der Waals surface area contributed by atoms with Gasteiger partial charge in [0, 0.05) is 44.6 Å². The molecule has 342 valence electrons. The van der Waals surface area contributed by atoms with Crippen molar-refractivity contribution in [3.05, 3.63) is 34.8 Å². The van der Waals surface area contributed by atoms with Gasteiger partial charge in [0.25, 0.3) is 0 Å². The van der Waals surface area contributed by atoms with Crippen LogP contribution < -0.4 is 5.73 Å². The Bertz CT molecular complexity index is 1370. The van der Waals surface area contributed by atoms with Crippen molar-refractivity contribution in [1.29, 1.82) is 0 Å². The van der Waals surface area contributed by atoms with Gasteiger partial charge in [-0.3, -0.25) is 18.6 Å². The molecular weight excluding hydrogens is 777 g/mol. The summed E-state index contributed by atoms with van der Waals surface area (Å²) in [4.78, 5) is 35.2. The number of unbranched alkanes of at least 4 members (excludes halogenated alkanes) is 12. The molecule has 7 atom stereocenters. The van der Waals surface area contributed by atoms with E-state index in [1.165, 1.54) is 11.1 Å². The number of aryl methyl sites for hydroxylation is 2. The molecule has 14 heteroatoms. The number of esters is 2. The average molecular weight is 858 g/mol. The zero-order chi connectivity index (χ0) is 43.5. The molecule has 0 saturated heterocycles. The lowest BCUT2D eigenvalue weighted by molar-refractivity contribution is -0.161. The van der Waals surface area contributed by atoms with Gasteiger partial charge in [0.1, 0.15) is 18.1 Å². The molecule has 1 heterocycles. The maximum absolute atomic E-state index is 12.7. The second kappa shape index (κ2) is 30.9. The number of nitrogens with two attached hydrogens (primary N) is 1. The fraction of sp³-hybridized carbons (Fsp3) is 0.822. The van der Waals surface area contributed by atoms with Crippen molar-refractivity contribution in [2.75, 3.05) is 26.4 Å². The van der Waals surface area contributed by atoms with Gasteiger partial charge < -0.3 is 39.8 Å². The smallest absolute Gasteiger partial charge is 0.466 e. The van der Waals surface area contributed by atoms with Crippen LogP contribution in [-0.4, -0.2) is 82.9 Å². The van der Waals surface area contributed by atoms with Gasteiger partial charge in [0.2, 0.25) is 0 Å². The highest BCUT2D eigenvalue weighted by molar-refractivity contribution is 7.47. The van der Waals surface area contributed by atoms with Crippen molar-refractivity contribution >= 4 is 19.8 Å². The van der Waals surface area contributed by atoms with Crippen LogP contribution in [0.15, 0.2) is 16.6 Å². The monoisotopic (exact) mass is 858 g/mol. The predicted octanol–water partition coefficient (Wildman–Crippen LogP) is 8.65. The van der Waals surface area contributed by atoms with E-state index in [0.29, 0.717) is 25.7 Å². The quantitative estimate of drug-likeness (QED) is 0.0188. The molecule has 0 radical (unpaired) electrons. The highest BCUT2D eigenvalue weighted by Gasteiger charge is 2.39. The summed E-state index contributed by atoms with van der Waals surface area (Å²) in [6, 6.07) is 0. The van der Waals surface area contributed by atoms with E-state index in [0.717, 1.165) is 121 Å². The number of rotatable bonds is 35. The largest absolute Gasteiger partial charge is 0.472 e. The van der Waals surface area contributed by atoms with E-state index >= 15 is 0 Å². The molecule has 0 aliphatic heterocycles. The van der Waals surface area contributed by atoms with Gasteiger partial charge >= 0.3 is 19.8 Å². The van der Waals surface area contributed by atoms with Crippen molar-refractivity contribution in [1.82, 2.24) is 0 Å². The summed E-state index contributed by atoms with van der Waals surface area (Å²) in [5, 5.41) is 31.4. The SMILES string of the molecule is CCCCC[C@H](O)/C=C/[C@@H]1[C@@H](CCCCCCC(=O)OC[C@H](COP(=O)(O)OCCN)OC(=O)CCCCCCCCCCc2oc(CCC)c(C)c2C)[C@@H](O)C[C@H]1O. The maximum Gasteiger partial charge on any atom is 0.472 e. The molecule has 6 N–H and O–H groups in total. The van der Waals surface area contributed by atoms with E-state index in [1.807, 2.05) is 6.08 Å². The van der Waals surface area contributed by atoms with Crippen molar-refractivity contribution in [2.45, 2.75) is 200 Å². The minimum absolute atomic E-state index is 0.0167. The minimum Gasteiger partial charge on any atom is -0.466 e. The Morgan fingerprint density at radius 2 is 1.41 bits per heavy atom. The Hall–Kier alpha value is -2.09. The first kappa shape index (κ1) is 53.0.